The van der Waals surface area contributed by atoms with Crippen LogP contribution in [0.3, 0.4) is 0 Å². The van der Waals surface area contributed by atoms with E-state index in [1.807, 2.05) is 0 Å². The highest BCUT2D eigenvalue weighted by Gasteiger charge is 2.10. The molecule has 0 bridgehead atoms. The summed E-state index contributed by atoms with van der Waals surface area (Å²) in [7, 11) is 0. The van der Waals surface area contributed by atoms with Gasteiger partial charge in [0.1, 0.15) is 12.8 Å². The van der Waals surface area contributed by atoms with Crippen LogP contribution in [0.25, 0.3) is 0 Å². The van der Waals surface area contributed by atoms with Gasteiger partial charge in [-0.25, -0.2) is 9.37 Å². The summed E-state index contributed by atoms with van der Waals surface area (Å²) in [6.45, 7) is 3.94. The minimum Gasteiger partial charge on any atom is -0.430 e. The van der Waals surface area contributed by atoms with Crippen LogP contribution in [-0.2, 0) is 4.84 Å². The first-order chi connectivity index (χ1) is 9.04. The molecular formula is C11H13F3N2O2S. The fourth-order valence-electron chi connectivity index (χ4n) is 1.05. The largest absolute Gasteiger partial charge is 0.430 e. The summed E-state index contributed by atoms with van der Waals surface area (Å²) >= 11 is 1.05. The lowest BCUT2D eigenvalue weighted by Crippen LogP contribution is -1.84. The van der Waals surface area contributed by atoms with E-state index in [0.717, 1.165) is 11.8 Å². The van der Waals surface area contributed by atoms with E-state index in [9.17, 15) is 13.2 Å². The molecule has 0 radical (unpaired) electrons. The fourth-order valence-corrected chi connectivity index (χ4v) is 1.85. The van der Waals surface area contributed by atoms with E-state index in [0.29, 0.717) is 18.1 Å². The summed E-state index contributed by atoms with van der Waals surface area (Å²) in [6, 6.07) is 0. The molecule has 0 spiro atoms. The molecule has 0 atom stereocenters. The molecule has 1 aromatic heterocycles. The van der Waals surface area contributed by atoms with Gasteiger partial charge >= 0.3 is 6.08 Å². The molecule has 0 saturated carbocycles. The second-order valence-corrected chi connectivity index (χ2v) is 4.39. The van der Waals surface area contributed by atoms with Crippen molar-refractivity contribution in [1.82, 2.24) is 4.98 Å². The molecule has 4 nitrogen and oxygen atoms in total. The number of oxime groups is 1. The number of thioether (sulfide) groups is 1. The van der Waals surface area contributed by atoms with Gasteiger partial charge in [0.2, 0.25) is 0 Å². The van der Waals surface area contributed by atoms with Crippen LogP contribution in [0, 0.1) is 6.92 Å². The lowest BCUT2D eigenvalue weighted by molar-refractivity contribution is 0.160. The topological polar surface area (TPSA) is 47.6 Å². The first-order valence-corrected chi connectivity index (χ1v) is 6.48. The molecule has 19 heavy (non-hydrogen) atoms. The summed E-state index contributed by atoms with van der Waals surface area (Å²) in [6.07, 6.45) is -1.28. The van der Waals surface area contributed by atoms with Crippen molar-refractivity contribution in [2.45, 2.75) is 25.5 Å². The van der Waals surface area contributed by atoms with Crippen LogP contribution in [0.15, 0.2) is 26.7 Å². The highest BCUT2D eigenvalue weighted by molar-refractivity contribution is 7.99. The van der Waals surface area contributed by atoms with Crippen molar-refractivity contribution in [3.8, 4) is 0 Å². The zero-order valence-corrected chi connectivity index (χ0v) is 11.3. The Balaban J connectivity index is 2.52. The van der Waals surface area contributed by atoms with Crippen molar-refractivity contribution >= 4 is 18.0 Å². The molecule has 0 aliphatic rings. The predicted octanol–water partition coefficient (Wildman–Crippen LogP) is 3.91. The zero-order valence-electron chi connectivity index (χ0n) is 10.5. The number of nitrogens with zero attached hydrogens (tertiary/aromatic N) is 2. The third-order valence-electron chi connectivity index (χ3n) is 1.94. The van der Waals surface area contributed by atoms with Gasteiger partial charge < -0.3 is 9.25 Å². The minimum absolute atomic E-state index is 0.116. The van der Waals surface area contributed by atoms with E-state index in [4.69, 9.17) is 9.25 Å². The van der Waals surface area contributed by atoms with Gasteiger partial charge in [-0.1, -0.05) is 16.9 Å². The average molecular weight is 294 g/mol. The number of rotatable bonds is 7. The Morgan fingerprint density at radius 3 is 2.84 bits per heavy atom. The van der Waals surface area contributed by atoms with E-state index in [1.54, 1.807) is 13.8 Å². The monoisotopic (exact) mass is 294 g/mol. The Kier molecular flexibility index (Phi) is 6.48. The zero-order chi connectivity index (χ0) is 14.3. The molecule has 0 aliphatic carbocycles. The Morgan fingerprint density at radius 1 is 1.47 bits per heavy atom. The van der Waals surface area contributed by atoms with Crippen LogP contribution < -0.4 is 0 Å². The van der Waals surface area contributed by atoms with Gasteiger partial charge in [0, 0.05) is 12.2 Å². The molecule has 0 N–H and O–H groups in total. The van der Waals surface area contributed by atoms with E-state index >= 15 is 0 Å². The van der Waals surface area contributed by atoms with Gasteiger partial charge in [0.15, 0.2) is 11.6 Å². The molecule has 0 saturated heterocycles. The Bertz CT molecular complexity index is 471. The maximum absolute atomic E-state index is 12.5. The summed E-state index contributed by atoms with van der Waals surface area (Å²) in [4.78, 5) is 8.83. The number of halogens is 3. The lowest BCUT2D eigenvalue weighted by atomic mass is 10.4. The third kappa shape index (κ3) is 5.37. The number of oxazole rings is 1. The van der Waals surface area contributed by atoms with Gasteiger partial charge in [-0.15, -0.1) is 0 Å². The smallest absolute Gasteiger partial charge is 0.301 e. The van der Waals surface area contributed by atoms with E-state index in [-0.39, 0.29) is 17.4 Å². The molecule has 0 unspecified atom stereocenters. The normalized spacial score (nSPS) is 11.0. The minimum atomic E-state index is -2.28. The van der Waals surface area contributed by atoms with Crippen molar-refractivity contribution in [2.75, 3.05) is 12.4 Å². The molecule has 106 valence electrons. The summed E-state index contributed by atoms with van der Waals surface area (Å²) in [5.74, 6) is -0.872. The number of allylic oxidation sites excluding steroid dienone is 1. The number of hydrogen-bond donors (Lipinski definition) is 0. The van der Waals surface area contributed by atoms with Crippen LogP contribution in [0.4, 0.5) is 13.2 Å². The van der Waals surface area contributed by atoms with Crippen molar-refractivity contribution in [1.29, 1.82) is 0 Å². The molecule has 1 heterocycles. The van der Waals surface area contributed by atoms with Crippen LogP contribution in [0.1, 0.15) is 24.8 Å². The SMILES string of the molecule is CCO/N=C/c1oc(SCCC(F)=C(F)F)nc1C. The molecular weight excluding hydrogens is 281 g/mol. The lowest BCUT2D eigenvalue weighted by Gasteiger charge is -1.94. The van der Waals surface area contributed by atoms with Gasteiger partial charge in [0.25, 0.3) is 5.22 Å². The van der Waals surface area contributed by atoms with Crippen LogP contribution in [-0.4, -0.2) is 23.6 Å². The first-order valence-electron chi connectivity index (χ1n) is 5.49. The molecule has 0 fully saturated rings. The molecule has 1 rings (SSSR count). The molecule has 0 aliphatic heterocycles. The van der Waals surface area contributed by atoms with Gasteiger partial charge in [-0.2, -0.15) is 8.78 Å². The highest BCUT2D eigenvalue weighted by atomic mass is 32.2. The molecule has 1 aromatic rings. The Morgan fingerprint density at radius 2 is 2.21 bits per heavy atom. The van der Waals surface area contributed by atoms with Crippen molar-refractivity contribution < 1.29 is 22.4 Å². The maximum Gasteiger partial charge on any atom is 0.301 e. The van der Waals surface area contributed by atoms with Gasteiger partial charge in [-0.05, 0) is 13.8 Å². The van der Waals surface area contributed by atoms with Crippen LogP contribution in [0.2, 0.25) is 0 Å². The standard InChI is InChI=1S/C11H13F3N2O2S/c1-3-17-15-6-9-7(2)16-11(18-9)19-5-4-8(12)10(13)14/h6H,3-5H2,1-2H3/b15-6+. The van der Waals surface area contributed by atoms with Gasteiger partial charge in [-0.3, -0.25) is 0 Å². The fraction of sp³-hybridized carbons (Fsp3) is 0.455. The molecule has 8 heteroatoms. The number of hydrogen-bond acceptors (Lipinski definition) is 5. The third-order valence-corrected chi connectivity index (χ3v) is 2.77. The van der Waals surface area contributed by atoms with E-state index < -0.39 is 11.9 Å². The summed E-state index contributed by atoms with van der Waals surface area (Å²) in [5.41, 5.74) is 0.596. The second kappa shape index (κ2) is 7.88. The van der Waals surface area contributed by atoms with E-state index in [2.05, 4.69) is 10.1 Å². The van der Waals surface area contributed by atoms with Crippen molar-refractivity contribution in [3.63, 3.8) is 0 Å². The van der Waals surface area contributed by atoms with Crippen molar-refractivity contribution in [3.05, 3.63) is 23.4 Å². The summed E-state index contributed by atoms with van der Waals surface area (Å²) in [5, 5.41) is 3.91. The second-order valence-electron chi connectivity index (χ2n) is 3.35. The van der Waals surface area contributed by atoms with Crippen molar-refractivity contribution in [2.24, 2.45) is 5.16 Å². The van der Waals surface area contributed by atoms with Gasteiger partial charge in [0.05, 0.1) is 5.69 Å². The Labute approximate surface area is 112 Å². The Hall–Kier alpha value is -1.44. The highest BCUT2D eigenvalue weighted by Crippen LogP contribution is 2.23. The predicted molar refractivity (Wildman–Crippen MR) is 66.2 cm³/mol. The molecule has 0 amide bonds. The molecule has 0 aromatic carbocycles. The summed E-state index contributed by atoms with van der Waals surface area (Å²) < 4.78 is 41.5. The number of aryl methyl sites for hydroxylation is 1. The first kappa shape index (κ1) is 15.6. The van der Waals surface area contributed by atoms with Crippen LogP contribution >= 0.6 is 11.8 Å². The average Bonchev–Trinajstić information content (AvgIpc) is 2.70. The maximum atomic E-state index is 12.5. The van der Waals surface area contributed by atoms with E-state index in [1.165, 1.54) is 6.21 Å². The quantitative estimate of drug-likeness (QED) is 0.434. The number of aromatic nitrogens is 1. The van der Waals surface area contributed by atoms with Crippen LogP contribution in [0.5, 0.6) is 0 Å².